The van der Waals surface area contributed by atoms with E-state index in [9.17, 15) is 4.79 Å². The smallest absolute Gasteiger partial charge is 0.254 e. The molecule has 1 unspecified atom stereocenters. The van der Waals surface area contributed by atoms with E-state index < -0.39 is 0 Å². The van der Waals surface area contributed by atoms with E-state index in [1.165, 1.54) is 0 Å². The second-order valence-electron chi connectivity index (χ2n) is 7.67. The maximum atomic E-state index is 13.5. The molecule has 4 aromatic heterocycles. The van der Waals surface area contributed by atoms with Crippen LogP contribution in [-0.2, 0) is 7.05 Å². The Hall–Kier alpha value is -3.94. The van der Waals surface area contributed by atoms with Crippen LogP contribution in [0.2, 0.25) is 0 Å². The van der Waals surface area contributed by atoms with E-state index in [-0.39, 0.29) is 11.9 Å². The van der Waals surface area contributed by atoms with Gasteiger partial charge in [0.15, 0.2) is 0 Å². The molecular formula is C23H23N7O. The first-order valence-corrected chi connectivity index (χ1v) is 10.2. The molecule has 1 aromatic carbocycles. The lowest BCUT2D eigenvalue weighted by molar-refractivity contribution is 0.0699. The number of anilines is 1. The van der Waals surface area contributed by atoms with Crippen molar-refractivity contribution in [3.63, 3.8) is 0 Å². The number of pyridine rings is 2. The van der Waals surface area contributed by atoms with Crippen LogP contribution in [0.5, 0.6) is 0 Å². The molecule has 1 amide bonds. The fraction of sp³-hybridized carbons (Fsp3) is 0.217. The van der Waals surface area contributed by atoms with Crippen LogP contribution in [0.25, 0.3) is 27.3 Å². The Morgan fingerprint density at radius 1 is 1.19 bits per heavy atom. The number of rotatable bonds is 4. The zero-order valence-electron chi connectivity index (χ0n) is 17.6. The van der Waals surface area contributed by atoms with E-state index >= 15 is 0 Å². The van der Waals surface area contributed by atoms with Gasteiger partial charge in [-0.15, -0.1) is 0 Å². The lowest BCUT2D eigenvalue weighted by Crippen LogP contribution is -2.33. The monoisotopic (exact) mass is 413 g/mol. The molecule has 0 aliphatic carbocycles. The van der Waals surface area contributed by atoms with Crippen molar-refractivity contribution in [2.45, 2.75) is 19.9 Å². The van der Waals surface area contributed by atoms with Crippen LogP contribution in [0.15, 0.2) is 54.9 Å². The first kappa shape index (κ1) is 19.0. The third-order valence-electron chi connectivity index (χ3n) is 5.84. The van der Waals surface area contributed by atoms with Crippen LogP contribution >= 0.6 is 0 Å². The average Bonchev–Trinajstić information content (AvgIpc) is 3.38. The first-order chi connectivity index (χ1) is 15.0. The number of aryl methyl sites for hydroxylation is 1. The number of aromatic nitrogens is 5. The van der Waals surface area contributed by atoms with Crippen molar-refractivity contribution in [1.29, 1.82) is 0 Å². The van der Waals surface area contributed by atoms with Gasteiger partial charge in [-0.25, -0.2) is 9.50 Å². The fourth-order valence-corrected chi connectivity index (χ4v) is 4.18. The molecule has 31 heavy (non-hydrogen) atoms. The number of nitrogen functional groups attached to an aromatic ring is 1. The van der Waals surface area contributed by atoms with Crippen LogP contribution in [0.3, 0.4) is 0 Å². The van der Waals surface area contributed by atoms with Gasteiger partial charge < -0.3 is 10.6 Å². The number of nitrogens with two attached hydrogens (primary N) is 1. The molecule has 0 spiro atoms. The maximum absolute atomic E-state index is 13.5. The van der Waals surface area contributed by atoms with Gasteiger partial charge in [-0.1, -0.05) is 6.07 Å². The van der Waals surface area contributed by atoms with E-state index in [0.29, 0.717) is 17.9 Å². The molecule has 0 radical (unpaired) electrons. The second kappa shape index (κ2) is 7.09. The summed E-state index contributed by atoms with van der Waals surface area (Å²) in [6.07, 6.45) is 3.67. The zero-order chi connectivity index (χ0) is 21.7. The Balaban J connectivity index is 1.55. The Morgan fingerprint density at radius 2 is 2.03 bits per heavy atom. The summed E-state index contributed by atoms with van der Waals surface area (Å²) in [4.78, 5) is 19.8. The molecule has 0 saturated carbocycles. The van der Waals surface area contributed by atoms with Crippen molar-refractivity contribution < 1.29 is 4.79 Å². The van der Waals surface area contributed by atoms with Crippen LogP contribution in [0, 0.1) is 0 Å². The van der Waals surface area contributed by atoms with Gasteiger partial charge >= 0.3 is 0 Å². The molecule has 8 heteroatoms. The number of nitrogens with zero attached hydrogens (tertiary/aromatic N) is 6. The van der Waals surface area contributed by atoms with Gasteiger partial charge in [-0.2, -0.15) is 10.2 Å². The number of hydrogen-bond donors (Lipinski definition) is 1. The molecular weight excluding hydrogens is 390 g/mol. The van der Waals surface area contributed by atoms with Crippen molar-refractivity contribution in [3.05, 3.63) is 66.1 Å². The highest BCUT2D eigenvalue weighted by Gasteiger charge is 2.24. The Morgan fingerprint density at radius 3 is 2.81 bits per heavy atom. The molecule has 0 aliphatic rings. The van der Waals surface area contributed by atoms with Gasteiger partial charge in [0.25, 0.3) is 5.91 Å². The van der Waals surface area contributed by atoms with Crippen molar-refractivity contribution >= 4 is 39.0 Å². The first-order valence-electron chi connectivity index (χ1n) is 10.2. The van der Waals surface area contributed by atoms with Crippen LogP contribution in [0.1, 0.15) is 35.9 Å². The van der Waals surface area contributed by atoms with Gasteiger partial charge in [-0.05, 0) is 50.2 Å². The summed E-state index contributed by atoms with van der Waals surface area (Å²) in [6, 6.07) is 13.3. The molecule has 8 nitrogen and oxygen atoms in total. The molecule has 0 bridgehead atoms. The van der Waals surface area contributed by atoms with E-state index in [2.05, 4.69) is 15.2 Å². The standard InChI is InChI=1S/C23H23N7O/c1-4-29(14(2)20-12-16-7-5-6-10-30(16)27-20)23(31)15-8-9-19-17(11-15)18-13-25-28(3)21(18)22(24)26-19/h5-14H,4H2,1-3H3,(H2,24,26). The summed E-state index contributed by atoms with van der Waals surface area (Å²) in [7, 11) is 1.83. The predicted octanol–water partition coefficient (Wildman–Crippen LogP) is 3.57. The number of hydrogen-bond acceptors (Lipinski definition) is 5. The van der Waals surface area contributed by atoms with Crippen molar-refractivity contribution in [2.75, 3.05) is 12.3 Å². The van der Waals surface area contributed by atoms with E-state index in [0.717, 1.165) is 33.0 Å². The fourth-order valence-electron chi connectivity index (χ4n) is 4.18. The molecule has 156 valence electrons. The lowest BCUT2D eigenvalue weighted by Gasteiger charge is -2.27. The molecule has 2 N–H and O–H groups in total. The minimum Gasteiger partial charge on any atom is -0.382 e. The summed E-state index contributed by atoms with van der Waals surface area (Å²) >= 11 is 0. The Kier molecular flexibility index (Phi) is 4.35. The number of benzene rings is 1. The molecule has 0 fully saturated rings. The van der Waals surface area contributed by atoms with E-state index in [1.807, 2.05) is 72.9 Å². The van der Waals surface area contributed by atoms with Crippen molar-refractivity contribution in [2.24, 2.45) is 7.05 Å². The SMILES string of the molecule is CCN(C(=O)c1ccc2nc(N)c3c(cnn3C)c2c1)C(C)c1cc2ccccn2n1. The zero-order valence-corrected chi connectivity index (χ0v) is 17.6. The quantitative estimate of drug-likeness (QED) is 0.486. The molecule has 0 saturated heterocycles. The number of fused-ring (bicyclic) bond motifs is 4. The molecule has 5 aromatic rings. The van der Waals surface area contributed by atoms with Gasteiger partial charge in [0.05, 0.1) is 29.0 Å². The predicted molar refractivity (Wildman–Crippen MR) is 121 cm³/mol. The Bertz CT molecular complexity index is 1420. The highest BCUT2D eigenvalue weighted by molar-refractivity contribution is 6.10. The van der Waals surface area contributed by atoms with Gasteiger partial charge in [0.1, 0.15) is 11.3 Å². The average molecular weight is 413 g/mol. The summed E-state index contributed by atoms with van der Waals surface area (Å²) in [5.41, 5.74) is 10.1. The summed E-state index contributed by atoms with van der Waals surface area (Å²) in [6.45, 7) is 4.55. The van der Waals surface area contributed by atoms with Crippen LogP contribution in [0.4, 0.5) is 5.82 Å². The second-order valence-corrected chi connectivity index (χ2v) is 7.67. The van der Waals surface area contributed by atoms with Gasteiger partial charge in [0.2, 0.25) is 0 Å². The van der Waals surface area contributed by atoms with E-state index in [1.54, 1.807) is 16.9 Å². The van der Waals surface area contributed by atoms with Crippen molar-refractivity contribution in [3.8, 4) is 0 Å². The summed E-state index contributed by atoms with van der Waals surface area (Å²) in [5, 5.41) is 10.7. The summed E-state index contributed by atoms with van der Waals surface area (Å²) < 4.78 is 3.53. The minimum atomic E-state index is -0.170. The molecule has 4 heterocycles. The van der Waals surface area contributed by atoms with Crippen LogP contribution < -0.4 is 5.73 Å². The van der Waals surface area contributed by atoms with E-state index in [4.69, 9.17) is 5.73 Å². The number of carbonyl (C=O) groups excluding carboxylic acids is 1. The van der Waals surface area contributed by atoms with Crippen LogP contribution in [-0.4, -0.2) is 41.7 Å². The summed E-state index contributed by atoms with van der Waals surface area (Å²) in [5.74, 6) is 0.375. The number of carbonyl (C=O) groups is 1. The highest BCUT2D eigenvalue weighted by atomic mass is 16.2. The lowest BCUT2D eigenvalue weighted by atomic mass is 10.1. The minimum absolute atomic E-state index is 0.0529. The molecule has 0 aliphatic heterocycles. The van der Waals surface area contributed by atoms with Gasteiger partial charge in [-0.3, -0.25) is 9.48 Å². The molecule has 1 atom stereocenters. The third kappa shape index (κ3) is 2.99. The van der Waals surface area contributed by atoms with Gasteiger partial charge in [0, 0.05) is 36.1 Å². The highest BCUT2D eigenvalue weighted by Crippen LogP contribution is 2.29. The topological polar surface area (TPSA) is 94.3 Å². The maximum Gasteiger partial charge on any atom is 0.254 e. The number of amides is 1. The normalized spacial score (nSPS) is 12.6. The Labute approximate surface area is 178 Å². The third-order valence-corrected chi connectivity index (χ3v) is 5.84. The largest absolute Gasteiger partial charge is 0.382 e. The van der Waals surface area contributed by atoms with Crippen molar-refractivity contribution in [1.82, 2.24) is 29.3 Å². The molecule has 5 rings (SSSR count).